The minimum atomic E-state index is -0.697. The SMILES string of the molecule is CCOOC(=O)c1cnc(C)nc1Cl. The third-order valence-corrected chi connectivity index (χ3v) is 1.62. The Balaban J connectivity index is 2.80. The van der Waals surface area contributed by atoms with Crippen molar-refractivity contribution in [3.8, 4) is 0 Å². The van der Waals surface area contributed by atoms with Gasteiger partial charge in [0.25, 0.3) is 0 Å². The molecule has 0 aliphatic carbocycles. The van der Waals surface area contributed by atoms with E-state index in [-0.39, 0.29) is 17.3 Å². The molecule has 0 atom stereocenters. The summed E-state index contributed by atoms with van der Waals surface area (Å²) in [5, 5.41) is 0.0576. The Morgan fingerprint density at radius 2 is 2.36 bits per heavy atom. The molecule has 1 aromatic rings. The molecular formula is C8H9ClN2O3. The summed E-state index contributed by atoms with van der Waals surface area (Å²) in [7, 11) is 0. The van der Waals surface area contributed by atoms with Crippen molar-refractivity contribution in [1.29, 1.82) is 0 Å². The number of rotatable bonds is 3. The molecule has 0 saturated carbocycles. The fourth-order valence-electron chi connectivity index (χ4n) is 0.737. The number of aromatic nitrogens is 2. The van der Waals surface area contributed by atoms with Gasteiger partial charge in [-0.2, -0.15) is 4.89 Å². The predicted octanol–water partition coefficient (Wildman–Crippen LogP) is 1.55. The van der Waals surface area contributed by atoms with Crippen LogP contribution in [-0.2, 0) is 9.78 Å². The van der Waals surface area contributed by atoms with Crippen molar-refractivity contribution in [2.45, 2.75) is 13.8 Å². The zero-order valence-electron chi connectivity index (χ0n) is 7.78. The van der Waals surface area contributed by atoms with Crippen LogP contribution in [0.2, 0.25) is 5.15 Å². The maximum atomic E-state index is 11.2. The molecule has 1 rings (SSSR count). The molecule has 0 aliphatic heterocycles. The van der Waals surface area contributed by atoms with E-state index in [1.807, 2.05) is 0 Å². The molecule has 6 heteroatoms. The summed E-state index contributed by atoms with van der Waals surface area (Å²) < 4.78 is 0. The Morgan fingerprint density at radius 1 is 1.64 bits per heavy atom. The number of halogens is 1. The molecule has 0 saturated heterocycles. The van der Waals surface area contributed by atoms with E-state index in [0.717, 1.165) is 0 Å². The second-order valence-electron chi connectivity index (χ2n) is 2.40. The minimum absolute atomic E-state index is 0.0576. The number of nitrogens with zero attached hydrogens (tertiary/aromatic N) is 2. The number of aryl methyl sites for hydroxylation is 1. The van der Waals surface area contributed by atoms with Gasteiger partial charge in [-0.15, -0.1) is 0 Å². The lowest BCUT2D eigenvalue weighted by Gasteiger charge is -2.02. The lowest BCUT2D eigenvalue weighted by molar-refractivity contribution is -0.236. The first-order valence-electron chi connectivity index (χ1n) is 3.98. The van der Waals surface area contributed by atoms with Crippen LogP contribution < -0.4 is 0 Å². The van der Waals surface area contributed by atoms with E-state index in [1.54, 1.807) is 13.8 Å². The molecule has 0 fully saturated rings. The van der Waals surface area contributed by atoms with Crippen LogP contribution >= 0.6 is 11.6 Å². The maximum Gasteiger partial charge on any atom is 0.377 e. The second-order valence-corrected chi connectivity index (χ2v) is 2.76. The normalized spacial score (nSPS) is 9.93. The van der Waals surface area contributed by atoms with Crippen LogP contribution in [0.15, 0.2) is 6.20 Å². The van der Waals surface area contributed by atoms with Gasteiger partial charge in [0.2, 0.25) is 0 Å². The average molecular weight is 217 g/mol. The van der Waals surface area contributed by atoms with E-state index in [2.05, 4.69) is 19.7 Å². The summed E-state index contributed by atoms with van der Waals surface area (Å²) in [5.74, 6) is -0.209. The van der Waals surface area contributed by atoms with Crippen LogP contribution in [0, 0.1) is 6.92 Å². The molecule has 5 nitrogen and oxygen atoms in total. The molecule has 0 spiro atoms. The van der Waals surface area contributed by atoms with E-state index >= 15 is 0 Å². The van der Waals surface area contributed by atoms with Crippen LogP contribution in [0.3, 0.4) is 0 Å². The van der Waals surface area contributed by atoms with Gasteiger partial charge in [0.1, 0.15) is 16.5 Å². The number of hydrogen-bond donors (Lipinski definition) is 0. The monoisotopic (exact) mass is 216 g/mol. The highest BCUT2D eigenvalue weighted by Gasteiger charge is 2.14. The zero-order chi connectivity index (χ0) is 10.6. The molecule has 76 valence electrons. The summed E-state index contributed by atoms with van der Waals surface area (Å²) in [5.41, 5.74) is 0.0886. The van der Waals surface area contributed by atoms with E-state index in [4.69, 9.17) is 11.6 Å². The van der Waals surface area contributed by atoms with Gasteiger partial charge in [0.15, 0.2) is 0 Å². The maximum absolute atomic E-state index is 11.2. The van der Waals surface area contributed by atoms with Gasteiger partial charge in [-0.3, -0.25) is 4.89 Å². The lowest BCUT2D eigenvalue weighted by atomic mass is 10.3. The highest BCUT2D eigenvalue weighted by atomic mass is 35.5. The summed E-state index contributed by atoms with van der Waals surface area (Å²) in [6.07, 6.45) is 1.30. The average Bonchev–Trinajstić information content (AvgIpc) is 2.14. The Hall–Kier alpha value is -1.20. The Bertz CT molecular complexity index is 343. The Labute approximate surface area is 86.0 Å². The quantitative estimate of drug-likeness (QED) is 0.436. The van der Waals surface area contributed by atoms with Crippen LogP contribution in [0.5, 0.6) is 0 Å². The number of carbonyl (C=O) groups is 1. The molecule has 0 radical (unpaired) electrons. The van der Waals surface area contributed by atoms with E-state index in [9.17, 15) is 4.79 Å². The number of hydrogen-bond acceptors (Lipinski definition) is 5. The zero-order valence-corrected chi connectivity index (χ0v) is 8.54. The van der Waals surface area contributed by atoms with Gasteiger partial charge in [-0.25, -0.2) is 14.8 Å². The summed E-state index contributed by atoms with van der Waals surface area (Å²) in [4.78, 5) is 27.7. The molecular weight excluding hydrogens is 208 g/mol. The number of carbonyl (C=O) groups excluding carboxylic acids is 1. The van der Waals surface area contributed by atoms with Crippen molar-refractivity contribution in [2.75, 3.05) is 6.61 Å². The third kappa shape index (κ3) is 2.65. The fraction of sp³-hybridized carbons (Fsp3) is 0.375. The largest absolute Gasteiger partial charge is 0.377 e. The van der Waals surface area contributed by atoms with E-state index in [1.165, 1.54) is 6.20 Å². The highest BCUT2D eigenvalue weighted by Crippen LogP contribution is 2.12. The first-order chi connectivity index (χ1) is 6.65. The molecule has 0 amide bonds. The fourth-order valence-corrected chi connectivity index (χ4v) is 0.985. The molecule has 1 heterocycles. The van der Waals surface area contributed by atoms with Gasteiger partial charge in [0.05, 0.1) is 6.61 Å². The topological polar surface area (TPSA) is 61.3 Å². The van der Waals surface area contributed by atoms with E-state index < -0.39 is 5.97 Å². The predicted molar refractivity (Wildman–Crippen MR) is 48.8 cm³/mol. The molecule has 1 aromatic heterocycles. The van der Waals surface area contributed by atoms with Crippen molar-refractivity contribution in [1.82, 2.24) is 9.97 Å². The minimum Gasteiger partial charge on any atom is -0.293 e. The van der Waals surface area contributed by atoms with Gasteiger partial charge >= 0.3 is 5.97 Å². The van der Waals surface area contributed by atoms with Gasteiger partial charge in [0, 0.05) is 6.20 Å². The third-order valence-electron chi connectivity index (χ3n) is 1.34. The van der Waals surface area contributed by atoms with Gasteiger partial charge in [-0.1, -0.05) is 11.6 Å². The van der Waals surface area contributed by atoms with Crippen LogP contribution in [0.4, 0.5) is 0 Å². The first kappa shape index (κ1) is 10.9. The van der Waals surface area contributed by atoms with Gasteiger partial charge < -0.3 is 0 Å². The van der Waals surface area contributed by atoms with Crippen molar-refractivity contribution < 1.29 is 14.6 Å². The first-order valence-corrected chi connectivity index (χ1v) is 4.36. The van der Waals surface area contributed by atoms with Crippen molar-refractivity contribution in [3.05, 3.63) is 22.7 Å². The van der Waals surface area contributed by atoms with Crippen molar-refractivity contribution >= 4 is 17.6 Å². The van der Waals surface area contributed by atoms with Crippen LogP contribution in [-0.4, -0.2) is 22.5 Å². The molecule has 0 aromatic carbocycles. The second kappa shape index (κ2) is 4.88. The summed E-state index contributed by atoms with van der Waals surface area (Å²) in [6.45, 7) is 3.64. The van der Waals surface area contributed by atoms with Crippen LogP contribution in [0.1, 0.15) is 23.1 Å². The highest BCUT2D eigenvalue weighted by molar-refractivity contribution is 6.32. The Kier molecular flexibility index (Phi) is 3.79. The van der Waals surface area contributed by atoms with Crippen LogP contribution in [0.25, 0.3) is 0 Å². The Morgan fingerprint density at radius 3 is 2.93 bits per heavy atom. The smallest absolute Gasteiger partial charge is 0.293 e. The van der Waals surface area contributed by atoms with Gasteiger partial charge in [-0.05, 0) is 13.8 Å². The molecule has 0 unspecified atom stereocenters. The molecule has 14 heavy (non-hydrogen) atoms. The summed E-state index contributed by atoms with van der Waals surface area (Å²) >= 11 is 5.70. The molecule has 0 N–H and O–H groups in total. The van der Waals surface area contributed by atoms with E-state index in [0.29, 0.717) is 5.82 Å². The summed E-state index contributed by atoms with van der Waals surface area (Å²) in [6, 6.07) is 0. The lowest BCUT2D eigenvalue weighted by Crippen LogP contribution is -2.08. The molecule has 0 bridgehead atoms. The van der Waals surface area contributed by atoms with Crippen molar-refractivity contribution in [2.24, 2.45) is 0 Å². The van der Waals surface area contributed by atoms with Crippen molar-refractivity contribution in [3.63, 3.8) is 0 Å². The molecule has 0 aliphatic rings. The standard InChI is InChI=1S/C8H9ClN2O3/c1-3-13-14-8(12)6-4-10-5(2)11-7(6)9/h4H,3H2,1-2H3.